The molecule has 14 aromatic carbocycles. The summed E-state index contributed by atoms with van der Waals surface area (Å²) >= 11 is 0. The molecule has 0 N–H and O–H groups in total. The second kappa shape index (κ2) is 19.6. The predicted octanol–water partition coefficient (Wildman–Crippen LogP) is 22.0. The highest BCUT2D eigenvalue weighted by Gasteiger charge is 2.52. The zero-order valence-electron chi connectivity index (χ0n) is 48.2. The third kappa shape index (κ3) is 7.18. The molecule has 15 aromatic rings. The molecule has 0 aliphatic heterocycles. The minimum absolute atomic E-state index is 0.477. The molecule has 0 saturated heterocycles. The quantitative estimate of drug-likeness (QED) is 0.140. The fourth-order valence-corrected chi connectivity index (χ4v) is 15.8. The number of hydrogen-bond donors (Lipinski definition) is 0. The number of hydrogen-bond acceptors (Lipinski definition) is 1. The number of rotatable bonds is 9. The molecule has 0 bridgehead atoms. The van der Waals surface area contributed by atoms with Gasteiger partial charge in [0, 0.05) is 33.4 Å². The molecule has 0 fully saturated rings. The average Bonchev–Trinajstić information content (AvgIpc) is 1.54. The van der Waals surface area contributed by atoms with Gasteiger partial charge in [-0.05, 0) is 160 Å². The molecule has 1 heterocycles. The van der Waals surface area contributed by atoms with Gasteiger partial charge in [-0.25, -0.2) is 0 Å². The van der Waals surface area contributed by atoms with Crippen LogP contribution in [0.5, 0.6) is 0 Å². The first-order valence-electron chi connectivity index (χ1n) is 30.6. The molecule has 1 aromatic heterocycles. The Bertz CT molecular complexity index is 5150. The molecule has 410 valence electrons. The minimum atomic E-state index is -0.509. The number of nitrogens with zero attached hydrogens (tertiary/aromatic N) is 2. The molecule has 0 saturated carbocycles. The van der Waals surface area contributed by atoms with Crippen molar-refractivity contribution in [3.05, 3.63) is 384 Å². The maximum Gasteiger partial charge on any atom is 0.0726 e. The van der Waals surface area contributed by atoms with Crippen LogP contribution >= 0.6 is 0 Å². The van der Waals surface area contributed by atoms with Crippen molar-refractivity contribution < 1.29 is 0 Å². The maximum atomic E-state index is 2.50. The smallest absolute Gasteiger partial charge is 0.0726 e. The van der Waals surface area contributed by atoms with Crippen LogP contribution in [0.15, 0.2) is 340 Å². The van der Waals surface area contributed by atoms with Crippen LogP contribution in [-0.2, 0) is 10.8 Å². The van der Waals surface area contributed by atoms with Crippen molar-refractivity contribution in [2.24, 2.45) is 0 Å². The van der Waals surface area contributed by atoms with Crippen molar-refractivity contribution in [3.8, 4) is 72.4 Å². The summed E-state index contributed by atoms with van der Waals surface area (Å²) < 4.78 is 2.49. The summed E-state index contributed by atoms with van der Waals surface area (Å²) in [6.45, 7) is 0. The standard InChI is InChI=1S/C86H56N2/c1-4-22-57(23-5-1)58-44-47-64(48-45-58)87(65-49-52-73-71-32-13-19-37-79(71)86(81(73)55-65)77-35-17-11-29-68(77)69-30-12-18-36-78(69)86)82-38-20-14-28-67(82)60-42-40-59(41-43-60)61-46-51-75-74-33-15-21-39-83(74)88(84(75)54-61)66-50-53-72-70-31-10-16-34-76(70)85(80(72)56-66,62-24-6-2-7-25-62)63-26-8-3-9-27-63/h1-56H. The topological polar surface area (TPSA) is 8.17 Å². The first kappa shape index (κ1) is 50.0. The van der Waals surface area contributed by atoms with E-state index in [1.165, 1.54) is 111 Å². The Balaban J connectivity index is 0.769. The van der Waals surface area contributed by atoms with E-state index in [2.05, 4.69) is 349 Å². The van der Waals surface area contributed by atoms with Crippen LogP contribution in [0.3, 0.4) is 0 Å². The molecule has 3 aliphatic rings. The Labute approximate surface area is 512 Å². The zero-order chi connectivity index (χ0) is 57.9. The van der Waals surface area contributed by atoms with Crippen molar-refractivity contribution in [1.29, 1.82) is 0 Å². The van der Waals surface area contributed by atoms with E-state index in [-0.39, 0.29) is 0 Å². The van der Waals surface area contributed by atoms with E-state index in [0.29, 0.717) is 0 Å². The predicted molar refractivity (Wildman–Crippen MR) is 365 cm³/mol. The van der Waals surface area contributed by atoms with Crippen LogP contribution in [-0.4, -0.2) is 4.57 Å². The van der Waals surface area contributed by atoms with Gasteiger partial charge in [0.1, 0.15) is 0 Å². The molecule has 0 atom stereocenters. The first-order chi connectivity index (χ1) is 43.7. The van der Waals surface area contributed by atoms with Gasteiger partial charge in [0.2, 0.25) is 0 Å². The molecular formula is C86H56N2. The van der Waals surface area contributed by atoms with Crippen LogP contribution in [0, 0.1) is 0 Å². The number of benzene rings is 14. The number of fused-ring (bicyclic) bond motifs is 16. The molecular weight excluding hydrogens is 1060 g/mol. The van der Waals surface area contributed by atoms with Gasteiger partial charge in [0.05, 0.1) is 27.6 Å². The van der Waals surface area contributed by atoms with Gasteiger partial charge in [-0.15, -0.1) is 0 Å². The van der Waals surface area contributed by atoms with Gasteiger partial charge < -0.3 is 9.47 Å². The lowest BCUT2D eigenvalue weighted by molar-refractivity contribution is 0.767. The average molecular weight is 1120 g/mol. The van der Waals surface area contributed by atoms with Gasteiger partial charge in [-0.3, -0.25) is 0 Å². The van der Waals surface area contributed by atoms with Gasteiger partial charge >= 0.3 is 0 Å². The van der Waals surface area contributed by atoms with Gasteiger partial charge in [-0.2, -0.15) is 0 Å². The molecule has 2 nitrogen and oxygen atoms in total. The summed E-state index contributed by atoms with van der Waals surface area (Å²) in [5.74, 6) is 0. The van der Waals surface area contributed by atoms with Crippen LogP contribution in [0.2, 0.25) is 0 Å². The lowest BCUT2D eigenvalue weighted by atomic mass is 9.67. The summed E-state index contributed by atoms with van der Waals surface area (Å²) in [5, 5.41) is 2.46. The lowest BCUT2D eigenvalue weighted by Crippen LogP contribution is -2.28. The van der Waals surface area contributed by atoms with E-state index in [1.54, 1.807) is 0 Å². The monoisotopic (exact) mass is 1120 g/mol. The zero-order valence-corrected chi connectivity index (χ0v) is 48.2. The molecule has 3 aliphatic carbocycles. The second-order valence-electron chi connectivity index (χ2n) is 23.8. The molecule has 1 spiro atoms. The fourth-order valence-electron chi connectivity index (χ4n) is 15.8. The molecule has 2 heteroatoms. The normalized spacial score (nSPS) is 13.4. The largest absolute Gasteiger partial charge is 0.310 e. The SMILES string of the molecule is c1ccc(-c2ccc(N(c3ccc4c(c3)C3(c5ccccc5-c5ccccc53)c3ccccc3-4)c3ccccc3-c3ccc(-c4ccc5c6ccccc6n(-c6ccc7c(c6)C(c6ccccc6)(c6ccccc6)c6ccccc6-7)c5c4)cc3)cc2)cc1. The third-order valence-corrected chi connectivity index (χ3v) is 19.5. The minimum Gasteiger partial charge on any atom is -0.310 e. The number of para-hydroxylation sites is 2. The van der Waals surface area contributed by atoms with E-state index in [0.717, 1.165) is 45.0 Å². The number of aromatic nitrogens is 1. The third-order valence-electron chi connectivity index (χ3n) is 19.5. The number of anilines is 3. The van der Waals surface area contributed by atoms with E-state index in [1.807, 2.05) is 0 Å². The fraction of sp³-hybridized carbons (Fsp3) is 0.0233. The van der Waals surface area contributed by atoms with E-state index >= 15 is 0 Å². The van der Waals surface area contributed by atoms with Crippen molar-refractivity contribution in [2.75, 3.05) is 4.90 Å². The Morgan fingerprint density at radius 1 is 0.227 bits per heavy atom. The van der Waals surface area contributed by atoms with Crippen LogP contribution in [0.1, 0.15) is 44.5 Å². The summed E-state index contributed by atoms with van der Waals surface area (Å²) in [6.07, 6.45) is 0. The summed E-state index contributed by atoms with van der Waals surface area (Å²) in [6, 6.07) is 127. The summed E-state index contributed by atoms with van der Waals surface area (Å²) in [4.78, 5) is 2.48. The van der Waals surface area contributed by atoms with Crippen molar-refractivity contribution in [2.45, 2.75) is 10.8 Å². The van der Waals surface area contributed by atoms with E-state index < -0.39 is 10.8 Å². The second-order valence-corrected chi connectivity index (χ2v) is 23.8. The van der Waals surface area contributed by atoms with Gasteiger partial charge in [0.15, 0.2) is 0 Å². The van der Waals surface area contributed by atoms with Crippen molar-refractivity contribution >= 4 is 38.9 Å². The molecule has 18 rings (SSSR count). The highest BCUT2D eigenvalue weighted by atomic mass is 15.1. The molecule has 0 radical (unpaired) electrons. The van der Waals surface area contributed by atoms with Crippen molar-refractivity contribution in [3.63, 3.8) is 0 Å². The Hall–Kier alpha value is -11.3. The van der Waals surface area contributed by atoms with Crippen molar-refractivity contribution in [1.82, 2.24) is 4.57 Å². The Kier molecular flexibility index (Phi) is 11.2. The van der Waals surface area contributed by atoms with E-state index in [4.69, 9.17) is 0 Å². The molecule has 88 heavy (non-hydrogen) atoms. The summed E-state index contributed by atoms with van der Waals surface area (Å²) in [5.41, 5.74) is 30.9. The summed E-state index contributed by atoms with van der Waals surface area (Å²) in [7, 11) is 0. The molecule has 0 unspecified atom stereocenters. The highest BCUT2D eigenvalue weighted by Crippen LogP contribution is 2.64. The van der Waals surface area contributed by atoms with Crippen LogP contribution in [0.25, 0.3) is 94.3 Å². The molecule has 0 amide bonds. The highest BCUT2D eigenvalue weighted by molar-refractivity contribution is 6.10. The lowest BCUT2D eigenvalue weighted by Gasteiger charge is -2.34. The van der Waals surface area contributed by atoms with Crippen LogP contribution < -0.4 is 4.90 Å². The first-order valence-corrected chi connectivity index (χ1v) is 30.6. The van der Waals surface area contributed by atoms with E-state index in [9.17, 15) is 0 Å². The Morgan fingerprint density at radius 3 is 1.25 bits per heavy atom. The van der Waals surface area contributed by atoms with Crippen LogP contribution in [0.4, 0.5) is 17.1 Å². The van der Waals surface area contributed by atoms with Gasteiger partial charge in [0.25, 0.3) is 0 Å². The van der Waals surface area contributed by atoms with Gasteiger partial charge in [-0.1, -0.05) is 285 Å². The Morgan fingerprint density at radius 2 is 0.636 bits per heavy atom. The maximum absolute atomic E-state index is 2.50.